The van der Waals surface area contributed by atoms with E-state index in [-0.39, 0.29) is 0 Å². The van der Waals surface area contributed by atoms with Crippen LogP contribution in [0.4, 0.5) is 5.82 Å². The molecule has 23 heavy (non-hydrogen) atoms. The van der Waals surface area contributed by atoms with E-state index in [0.717, 1.165) is 17.1 Å². The zero-order chi connectivity index (χ0) is 16.8. The second-order valence-electron chi connectivity index (χ2n) is 5.62. The Balaban J connectivity index is 2.52. The summed E-state index contributed by atoms with van der Waals surface area (Å²) in [6.45, 7) is 13.3. The highest BCUT2D eigenvalue weighted by Gasteiger charge is 2.13. The molecule has 2 rings (SSSR count). The summed E-state index contributed by atoms with van der Waals surface area (Å²) in [6.07, 6.45) is 3.73. The lowest BCUT2D eigenvalue weighted by Gasteiger charge is -2.22. The van der Waals surface area contributed by atoms with Gasteiger partial charge in [-0.2, -0.15) is 0 Å². The van der Waals surface area contributed by atoms with Crippen LogP contribution in [0.2, 0.25) is 5.02 Å². The fourth-order valence-electron chi connectivity index (χ4n) is 2.21. The summed E-state index contributed by atoms with van der Waals surface area (Å²) < 4.78 is 0. The first kappa shape index (κ1) is 17.2. The van der Waals surface area contributed by atoms with Gasteiger partial charge in [-0.3, -0.25) is 0 Å². The van der Waals surface area contributed by atoms with Crippen LogP contribution in [0.25, 0.3) is 11.4 Å². The third-order valence-corrected chi connectivity index (χ3v) is 3.70. The molecule has 0 spiro atoms. The van der Waals surface area contributed by atoms with Gasteiger partial charge in [0.1, 0.15) is 5.82 Å². The largest absolute Gasteiger partial charge is 0.349 e. The van der Waals surface area contributed by atoms with E-state index in [2.05, 4.69) is 31.9 Å². The highest BCUT2D eigenvalue weighted by atomic mass is 35.5. The van der Waals surface area contributed by atoms with Crippen LogP contribution >= 0.6 is 11.6 Å². The fourth-order valence-corrected chi connectivity index (χ4v) is 2.34. The lowest BCUT2D eigenvalue weighted by atomic mass is 10.1. The summed E-state index contributed by atoms with van der Waals surface area (Å²) in [5, 5.41) is 0.703. The number of aromatic nitrogens is 2. The first-order chi connectivity index (χ1) is 11.0. The second-order valence-corrected chi connectivity index (χ2v) is 6.05. The van der Waals surface area contributed by atoms with Gasteiger partial charge in [-0.05, 0) is 30.2 Å². The molecule has 0 N–H and O–H groups in total. The van der Waals surface area contributed by atoms with Gasteiger partial charge >= 0.3 is 0 Å². The van der Waals surface area contributed by atoms with E-state index in [1.807, 2.05) is 42.5 Å². The lowest BCUT2D eigenvalue weighted by molar-refractivity contribution is 0.808. The van der Waals surface area contributed by atoms with Crippen LogP contribution in [0.1, 0.15) is 25.5 Å². The lowest BCUT2D eigenvalue weighted by Crippen LogP contribution is -2.24. The zero-order valence-corrected chi connectivity index (χ0v) is 14.4. The first-order valence-corrected chi connectivity index (χ1v) is 8.04. The van der Waals surface area contributed by atoms with E-state index < -0.39 is 0 Å². The second kappa shape index (κ2) is 7.93. The molecule has 0 bridgehead atoms. The molecule has 0 atom stereocenters. The molecule has 0 saturated carbocycles. The molecular weight excluding hydrogens is 306 g/mol. The van der Waals surface area contributed by atoms with Gasteiger partial charge in [0.05, 0.1) is 0 Å². The number of hydrogen-bond donors (Lipinski definition) is 0. The molecule has 0 unspecified atom stereocenters. The van der Waals surface area contributed by atoms with E-state index in [1.165, 1.54) is 0 Å². The quantitative estimate of drug-likeness (QED) is 0.662. The minimum atomic E-state index is 0.317. The molecule has 0 aliphatic rings. The minimum absolute atomic E-state index is 0.317. The van der Waals surface area contributed by atoms with Gasteiger partial charge in [-0.1, -0.05) is 37.6 Å². The Hall–Kier alpha value is -2.13. The van der Waals surface area contributed by atoms with Crippen molar-refractivity contribution in [2.45, 2.75) is 19.8 Å². The summed E-state index contributed by atoms with van der Waals surface area (Å²) in [5.74, 6) is 1.91. The van der Waals surface area contributed by atoms with Crippen molar-refractivity contribution in [2.24, 2.45) is 0 Å². The average Bonchev–Trinajstić information content (AvgIpc) is 2.55. The van der Waals surface area contributed by atoms with Gasteiger partial charge in [0.2, 0.25) is 0 Å². The molecule has 1 aromatic heterocycles. The van der Waals surface area contributed by atoms with E-state index >= 15 is 0 Å². The predicted molar refractivity (Wildman–Crippen MR) is 99.2 cm³/mol. The molecule has 120 valence electrons. The number of halogens is 1. The van der Waals surface area contributed by atoms with E-state index in [0.29, 0.717) is 29.9 Å². The van der Waals surface area contributed by atoms with E-state index in [1.54, 1.807) is 0 Å². The third kappa shape index (κ3) is 4.42. The van der Waals surface area contributed by atoms with Gasteiger partial charge in [0, 0.05) is 35.4 Å². The normalized spacial score (nSPS) is 10.6. The van der Waals surface area contributed by atoms with Crippen molar-refractivity contribution in [1.82, 2.24) is 9.97 Å². The number of rotatable bonds is 7. The first-order valence-electron chi connectivity index (χ1n) is 7.66. The van der Waals surface area contributed by atoms with Crippen molar-refractivity contribution in [3.63, 3.8) is 0 Å². The van der Waals surface area contributed by atoms with Crippen LogP contribution in [-0.2, 0) is 0 Å². The number of anilines is 1. The maximum atomic E-state index is 5.97. The Morgan fingerprint density at radius 1 is 1.09 bits per heavy atom. The standard InChI is InChI=1S/C19H22ClN3/c1-5-11-23(12-6-2)18-13-17(14(3)4)21-19(22-18)15-7-9-16(20)10-8-15/h5-10,13-14H,1-2,11-12H2,3-4H3. The van der Waals surface area contributed by atoms with Crippen LogP contribution in [0, 0.1) is 0 Å². The number of nitrogens with zero attached hydrogens (tertiary/aromatic N) is 3. The van der Waals surface area contributed by atoms with Crippen molar-refractivity contribution in [2.75, 3.05) is 18.0 Å². The Kier molecular flexibility index (Phi) is 5.94. The molecule has 4 heteroatoms. The van der Waals surface area contributed by atoms with Crippen LogP contribution in [-0.4, -0.2) is 23.1 Å². The molecule has 3 nitrogen and oxygen atoms in total. The summed E-state index contributed by atoms with van der Waals surface area (Å²) in [7, 11) is 0. The minimum Gasteiger partial charge on any atom is -0.349 e. The third-order valence-electron chi connectivity index (χ3n) is 3.45. The number of hydrogen-bond acceptors (Lipinski definition) is 3. The molecule has 0 saturated heterocycles. The predicted octanol–water partition coefficient (Wildman–Crippen LogP) is 5.10. The molecule has 0 fully saturated rings. The Morgan fingerprint density at radius 2 is 1.70 bits per heavy atom. The average molecular weight is 328 g/mol. The summed E-state index contributed by atoms with van der Waals surface area (Å²) >= 11 is 5.97. The van der Waals surface area contributed by atoms with Gasteiger partial charge < -0.3 is 4.90 Å². The topological polar surface area (TPSA) is 29.0 Å². The monoisotopic (exact) mass is 327 g/mol. The van der Waals surface area contributed by atoms with Crippen LogP contribution in [0.15, 0.2) is 55.6 Å². The molecular formula is C19H22ClN3. The van der Waals surface area contributed by atoms with Gasteiger partial charge in [0.15, 0.2) is 5.82 Å². The molecule has 0 radical (unpaired) electrons. The van der Waals surface area contributed by atoms with Crippen molar-refractivity contribution in [3.8, 4) is 11.4 Å². The maximum Gasteiger partial charge on any atom is 0.161 e. The van der Waals surface area contributed by atoms with Gasteiger partial charge in [-0.25, -0.2) is 9.97 Å². The summed E-state index contributed by atoms with van der Waals surface area (Å²) in [6, 6.07) is 9.63. The molecule has 0 aliphatic carbocycles. The summed E-state index contributed by atoms with van der Waals surface area (Å²) in [4.78, 5) is 11.6. The highest BCUT2D eigenvalue weighted by Crippen LogP contribution is 2.25. The summed E-state index contributed by atoms with van der Waals surface area (Å²) in [5.41, 5.74) is 1.97. The smallest absolute Gasteiger partial charge is 0.161 e. The molecule has 0 amide bonds. The molecule has 1 heterocycles. The van der Waals surface area contributed by atoms with Gasteiger partial charge in [-0.15, -0.1) is 13.2 Å². The Morgan fingerprint density at radius 3 is 2.22 bits per heavy atom. The van der Waals surface area contributed by atoms with Crippen molar-refractivity contribution >= 4 is 17.4 Å². The van der Waals surface area contributed by atoms with Crippen molar-refractivity contribution < 1.29 is 0 Å². The zero-order valence-electron chi connectivity index (χ0n) is 13.7. The Bertz CT molecular complexity index is 668. The molecule has 1 aromatic carbocycles. The van der Waals surface area contributed by atoms with Gasteiger partial charge in [0.25, 0.3) is 0 Å². The number of benzene rings is 1. The molecule has 0 aliphatic heterocycles. The maximum absolute atomic E-state index is 5.97. The van der Waals surface area contributed by atoms with Crippen molar-refractivity contribution in [1.29, 1.82) is 0 Å². The fraction of sp³-hybridized carbons (Fsp3) is 0.263. The van der Waals surface area contributed by atoms with Crippen LogP contribution in [0.3, 0.4) is 0 Å². The SMILES string of the molecule is C=CCN(CC=C)c1cc(C(C)C)nc(-c2ccc(Cl)cc2)n1. The van der Waals surface area contributed by atoms with Crippen LogP contribution < -0.4 is 4.90 Å². The van der Waals surface area contributed by atoms with E-state index in [9.17, 15) is 0 Å². The van der Waals surface area contributed by atoms with Crippen molar-refractivity contribution in [3.05, 3.63) is 66.4 Å². The van der Waals surface area contributed by atoms with Crippen LogP contribution in [0.5, 0.6) is 0 Å². The van der Waals surface area contributed by atoms with E-state index in [4.69, 9.17) is 21.6 Å². The highest BCUT2D eigenvalue weighted by molar-refractivity contribution is 6.30. The molecule has 2 aromatic rings. The Labute approximate surface area is 143 Å².